The molecule has 2 aromatic rings. The predicted molar refractivity (Wildman–Crippen MR) is 83.7 cm³/mol. The van der Waals surface area contributed by atoms with Gasteiger partial charge in [0.05, 0.1) is 18.9 Å². The quantitative estimate of drug-likeness (QED) is 0.829. The van der Waals surface area contributed by atoms with Crippen molar-refractivity contribution < 1.29 is 14.6 Å². The molecule has 1 unspecified atom stereocenters. The van der Waals surface area contributed by atoms with Crippen molar-refractivity contribution in [2.75, 3.05) is 12.8 Å². The average Bonchev–Trinajstić information content (AvgIpc) is 2.46. The first kappa shape index (κ1) is 15.2. The molecule has 2 aromatic carbocycles. The Kier molecular flexibility index (Phi) is 4.70. The van der Waals surface area contributed by atoms with Crippen LogP contribution < -0.4 is 15.2 Å². The number of nitrogen functional groups attached to an aromatic ring is 1. The van der Waals surface area contributed by atoms with Gasteiger partial charge < -0.3 is 20.3 Å². The van der Waals surface area contributed by atoms with E-state index in [4.69, 9.17) is 15.2 Å². The molecule has 0 aromatic heterocycles. The van der Waals surface area contributed by atoms with Crippen LogP contribution in [0.15, 0.2) is 42.5 Å². The lowest BCUT2D eigenvalue weighted by atomic mass is 9.99. The number of aliphatic hydroxyl groups is 1. The molecule has 0 aliphatic carbocycles. The summed E-state index contributed by atoms with van der Waals surface area (Å²) >= 11 is 0. The summed E-state index contributed by atoms with van der Waals surface area (Å²) < 4.78 is 10.8. The first-order chi connectivity index (χ1) is 10.0. The highest BCUT2D eigenvalue weighted by Gasteiger charge is 2.16. The predicted octanol–water partition coefficient (Wildman–Crippen LogP) is 3.15. The van der Waals surface area contributed by atoms with E-state index in [0.29, 0.717) is 17.0 Å². The number of benzene rings is 2. The van der Waals surface area contributed by atoms with Crippen molar-refractivity contribution in [2.45, 2.75) is 26.1 Å². The lowest BCUT2D eigenvalue weighted by Gasteiger charge is -2.17. The molecule has 0 aliphatic heterocycles. The Morgan fingerprint density at radius 3 is 2.48 bits per heavy atom. The minimum Gasteiger partial charge on any atom is -0.495 e. The third kappa shape index (κ3) is 3.47. The van der Waals surface area contributed by atoms with Crippen molar-refractivity contribution in [3.05, 3.63) is 53.6 Å². The number of nitrogens with two attached hydrogens (primary N) is 1. The van der Waals surface area contributed by atoms with Crippen LogP contribution in [0.3, 0.4) is 0 Å². The summed E-state index contributed by atoms with van der Waals surface area (Å²) in [5.41, 5.74) is 7.83. The molecule has 0 aliphatic rings. The second kappa shape index (κ2) is 6.50. The summed E-state index contributed by atoms with van der Waals surface area (Å²) in [6.45, 7) is 3.92. The van der Waals surface area contributed by atoms with E-state index >= 15 is 0 Å². The fourth-order valence-corrected chi connectivity index (χ4v) is 2.19. The molecule has 0 saturated heterocycles. The summed E-state index contributed by atoms with van der Waals surface area (Å²) in [4.78, 5) is 0. The molecule has 0 amide bonds. The fraction of sp³-hybridized carbons (Fsp3) is 0.294. The van der Waals surface area contributed by atoms with Crippen LogP contribution in [0.4, 0.5) is 5.69 Å². The molecule has 3 N–H and O–H groups in total. The van der Waals surface area contributed by atoms with Gasteiger partial charge >= 0.3 is 0 Å². The van der Waals surface area contributed by atoms with Gasteiger partial charge in [0.1, 0.15) is 17.6 Å². The van der Waals surface area contributed by atoms with E-state index in [1.54, 1.807) is 19.2 Å². The number of aliphatic hydroxyl groups excluding tert-OH is 1. The number of ether oxygens (including phenoxy) is 2. The van der Waals surface area contributed by atoms with E-state index in [-0.39, 0.29) is 6.10 Å². The van der Waals surface area contributed by atoms with Crippen LogP contribution in [-0.4, -0.2) is 18.3 Å². The van der Waals surface area contributed by atoms with Crippen LogP contribution >= 0.6 is 0 Å². The van der Waals surface area contributed by atoms with Gasteiger partial charge in [-0.15, -0.1) is 0 Å². The van der Waals surface area contributed by atoms with Crippen LogP contribution in [-0.2, 0) is 0 Å². The van der Waals surface area contributed by atoms with Gasteiger partial charge in [-0.3, -0.25) is 0 Å². The standard InChI is InChI=1S/C17H21NO3/c1-11(2)21-13-7-4-6-12(10-13)17(19)14-8-5-9-15(20-3)16(14)18/h4-11,17,19H,18H2,1-3H3. The Morgan fingerprint density at radius 1 is 1.10 bits per heavy atom. The smallest absolute Gasteiger partial charge is 0.142 e. The third-order valence-electron chi connectivity index (χ3n) is 3.16. The number of hydrogen-bond donors (Lipinski definition) is 2. The van der Waals surface area contributed by atoms with Gasteiger partial charge in [0.2, 0.25) is 0 Å². The number of anilines is 1. The van der Waals surface area contributed by atoms with E-state index in [0.717, 1.165) is 11.3 Å². The first-order valence-electron chi connectivity index (χ1n) is 6.90. The van der Waals surface area contributed by atoms with Gasteiger partial charge in [0.15, 0.2) is 0 Å². The highest BCUT2D eigenvalue weighted by atomic mass is 16.5. The number of hydrogen-bond acceptors (Lipinski definition) is 4. The Labute approximate surface area is 125 Å². The maximum atomic E-state index is 10.6. The van der Waals surface area contributed by atoms with Crippen LogP contribution in [0, 0.1) is 0 Å². The van der Waals surface area contributed by atoms with Gasteiger partial charge in [-0.05, 0) is 37.6 Å². The lowest BCUT2D eigenvalue weighted by Crippen LogP contribution is -2.08. The Balaban J connectivity index is 2.34. The zero-order valence-corrected chi connectivity index (χ0v) is 12.5. The number of rotatable bonds is 5. The Bertz CT molecular complexity index is 611. The zero-order chi connectivity index (χ0) is 15.4. The highest BCUT2D eigenvalue weighted by Crippen LogP contribution is 2.33. The molecule has 0 fully saturated rings. The van der Waals surface area contributed by atoms with E-state index in [9.17, 15) is 5.11 Å². The summed E-state index contributed by atoms with van der Waals surface area (Å²) in [6.07, 6.45) is -0.741. The summed E-state index contributed by atoms with van der Waals surface area (Å²) in [6, 6.07) is 12.8. The van der Waals surface area contributed by atoms with Gasteiger partial charge in [-0.2, -0.15) is 0 Å². The molecule has 112 valence electrons. The van der Waals surface area contributed by atoms with Crippen molar-refractivity contribution in [1.29, 1.82) is 0 Å². The van der Waals surface area contributed by atoms with E-state index in [2.05, 4.69) is 0 Å². The monoisotopic (exact) mass is 287 g/mol. The summed E-state index contributed by atoms with van der Waals surface area (Å²) in [7, 11) is 1.55. The number of methoxy groups -OCH3 is 1. The normalized spacial score (nSPS) is 12.2. The second-order valence-electron chi connectivity index (χ2n) is 5.10. The van der Waals surface area contributed by atoms with Crippen molar-refractivity contribution in [3.8, 4) is 11.5 Å². The van der Waals surface area contributed by atoms with Gasteiger partial charge in [0.25, 0.3) is 0 Å². The van der Waals surface area contributed by atoms with Crippen molar-refractivity contribution in [1.82, 2.24) is 0 Å². The Hall–Kier alpha value is -2.20. The van der Waals surface area contributed by atoms with E-state index in [1.807, 2.05) is 44.2 Å². The SMILES string of the molecule is COc1cccc(C(O)c2cccc(OC(C)C)c2)c1N. The molecule has 0 saturated carbocycles. The molecule has 0 heterocycles. The molecule has 4 heteroatoms. The fourth-order valence-electron chi connectivity index (χ4n) is 2.19. The summed E-state index contributed by atoms with van der Waals surface area (Å²) in [5.74, 6) is 1.28. The minimum absolute atomic E-state index is 0.0827. The molecular weight excluding hydrogens is 266 g/mol. The average molecular weight is 287 g/mol. The van der Waals surface area contributed by atoms with Gasteiger partial charge in [0, 0.05) is 5.56 Å². The first-order valence-corrected chi connectivity index (χ1v) is 6.90. The van der Waals surface area contributed by atoms with Crippen LogP contribution in [0.25, 0.3) is 0 Å². The Morgan fingerprint density at radius 2 is 1.81 bits per heavy atom. The van der Waals surface area contributed by atoms with Crippen LogP contribution in [0.1, 0.15) is 31.1 Å². The molecule has 21 heavy (non-hydrogen) atoms. The van der Waals surface area contributed by atoms with Crippen LogP contribution in [0.5, 0.6) is 11.5 Å². The molecule has 0 bridgehead atoms. The van der Waals surface area contributed by atoms with Crippen molar-refractivity contribution in [3.63, 3.8) is 0 Å². The number of para-hydroxylation sites is 1. The van der Waals surface area contributed by atoms with E-state index in [1.165, 1.54) is 0 Å². The maximum absolute atomic E-state index is 10.6. The maximum Gasteiger partial charge on any atom is 0.142 e. The lowest BCUT2D eigenvalue weighted by molar-refractivity contribution is 0.217. The zero-order valence-electron chi connectivity index (χ0n) is 12.5. The second-order valence-corrected chi connectivity index (χ2v) is 5.10. The van der Waals surface area contributed by atoms with Gasteiger partial charge in [-0.1, -0.05) is 24.3 Å². The molecule has 0 spiro atoms. The van der Waals surface area contributed by atoms with Crippen molar-refractivity contribution in [2.24, 2.45) is 0 Å². The van der Waals surface area contributed by atoms with Crippen LogP contribution in [0.2, 0.25) is 0 Å². The molecular formula is C17H21NO3. The molecule has 1 atom stereocenters. The minimum atomic E-state index is -0.823. The highest BCUT2D eigenvalue weighted by molar-refractivity contribution is 5.60. The van der Waals surface area contributed by atoms with E-state index < -0.39 is 6.10 Å². The summed E-state index contributed by atoms with van der Waals surface area (Å²) in [5, 5.41) is 10.6. The third-order valence-corrected chi connectivity index (χ3v) is 3.16. The molecule has 0 radical (unpaired) electrons. The molecule has 2 rings (SSSR count). The molecule has 4 nitrogen and oxygen atoms in total. The largest absolute Gasteiger partial charge is 0.495 e. The van der Waals surface area contributed by atoms with Gasteiger partial charge in [-0.25, -0.2) is 0 Å². The topological polar surface area (TPSA) is 64.7 Å². The van der Waals surface area contributed by atoms with Crippen molar-refractivity contribution >= 4 is 5.69 Å².